The summed E-state index contributed by atoms with van der Waals surface area (Å²) < 4.78 is 38.0. The minimum absolute atomic E-state index is 0.0163. The molecular formula is C20H24N2O5S. The lowest BCUT2D eigenvalue weighted by Crippen LogP contribution is -2.32. The number of rotatable bonds is 8. The Kier molecular flexibility index (Phi) is 6.53. The molecule has 1 saturated carbocycles. The number of methoxy groups -OCH3 is 1. The molecule has 0 radical (unpaired) electrons. The third-order valence-electron chi connectivity index (χ3n) is 4.55. The minimum Gasteiger partial charge on any atom is -0.497 e. The molecule has 1 amide bonds. The monoisotopic (exact) mass is 404 g/mol. The number of amides is 1. The second kappa shape index (κ2) is 9.07. The molecule has 0 aromatic heterocycles. The second-order valence-corrected chi connectivity index (χ2v) is 8.35. The summed E-state index contributed by atoms with van der Waals surface area (Å²) in [5.74, 6) is 0.807. The molecule has 0 heterocycles. The summed E-state index contributed by atoms with van der Waals surface area (Å²) in [5, 5.41) is 2.71. The van der Waals surface area contributed by atoms with Crippen LogP contribution in [0.2, 0.25) is 0 Å². The van der Waals surface area contributed by atoms with Crippen LogP contribution < -0.4 is 19.5 Å². The Labute approximate surface area is 165 Å². The number of sulfonamides is 1. The summed E-state index contributed by atoms with van der Waals surface area (Å²) in [6.45, 7) is -0.182. The Balaban J connectivity index is 1.51. The fourth-order valence-corrected chi connectivity index (χ4v) is 4.37. The van der Waals surface area contributed by atoms with Crippen molar-refractivity contribution >= 4 is 21.6 Å². The second-order valence-electron chi connectivity index (χ2n) is 6.64. The maximum atomic E-state index is 12.4. The molecule has 0 atom stereocenters. The van der Waals surface area contributed by atoms with Crippen LogP contribution in [0.25, 0.3) is 0 Å². The van der Waals surface area contributed by atoms with Gasteiger partial charge >= 0.3 is 0 Å². The minimum atomic E-state index is -3.53. The lowest BCUT2D eigenvalue weighted by molar-refractivity contribution is -0.118. The van der Waals surface area contributed by atoms with Gasteiger partial charge in [-0.3, -0.25) is 4.79 Å². The summed E-state index contributed by atoms with van der Waals surface area (Å²) in [4.78, 5) is 12.2. The van der Waals surface area contributed by atoms with Crippen molar-refractivity contribution in [2.45, 2.75) is 36.6 Å². The fourth-order valence-electron chi connectivity index (χ4n) is 3.07. The van der Waals surface area contributed by atoms with Crippen molar-refractivity contribution in [2.24, 2.45) is 0 Å². The average molecular weight is 404 g/mol. The van der Waals surface area contributed by atoms with Crippen molar-refractivity contribution in [2.75, 3.05) is 19.0 Å². The fraction of sp³-hybridized carbons (Fsp3) is 0.350. The molecule has 1 aliphatic carbocycles. The Bertz CT molecular complexity index is 889. The molecule has 2 N–H and O–H groups in total. The van der Waals surface area contributed by atoms with Crippen LogP contribution in [-0.4, -0.2) is 34.1 Å². The van der Waals surface area contributed by atoms with Gasteiger partial charge in [-0.25, -0.2) is 13.1 Å². The molecule has 2 aromatic rings. The smallest absolute Gasteiger partial charge is 0.262 e. The number of carbonyl (C=O) groups excluding carboxylic acids is 1. The number of ether oxygens (including phenoxy) is 2. The molecule has 0 bridgehead atoms. The number of hydrogen-bond acceptors (Lipinski definition) is 5. The zero-order valence-electron chi connectivity index (χ0n) is 15.7. The van der Waals surface area contributed by atoms with Crippen LogP contribution in [-0.2, 0) is 14.8 Å². The van der Waals surface area contributed by atoms with E-state index in [0.29, 0.717) is 17.2 Å². The molecule has 7 nitrogen and oxygen atoms in total. The maximum Gasteiger partial charge on any atom is 0.262 e. The first-order valence-electron chi connectivity index (χ1n) is 9.15. The van der Waals surface area contributed by atoms with Gasteiger partial charge in [0.15, 0.2) is 6.61 Å². The van der Waals surface area contributed by atoms with Crippen LogP contribution in [0.3, 0.4) is 0 Å². The number of hydrogen-bond donors (Lipinski definition) is 2. The van der Waals surface area contributed by atoms with Crippen molar-refractivity contribution in [1.82, 2.24) is 4.72 Å². The molecule has 0 unspecified atom stereocenters. The Hall–Kier alpha value is -2.58. The van der Waals surface area contributed by atoms with Crippen LogP contribution in [0.1, 0.15) is 25.7 Å². The number of benzene rings is 2. The van der Waals surface area contributed by atoms with E-state index in [4.69, 9.17) is 9.47 Å². The molecule has 0 saturated heterocycles. The average Bonchev–Trinajstić information content (AvgIpc) is 3.19. The number of anilines is 1. The van der Waals surface area contributed by atoms with Gasteiger partial charge in [0.25, 0.3) is 5.91 Å². The van der Waals surface area contributed by atoms with E-state index in [1.807, 2.05) is 0 Å². The van der Waals surface area contributed by atoms with Crippen molar-refractivity contribution < 1.29 is 22.7 Å². The Morgan fingerprint density at radius 2 is 1.61 bits per heavy atom. The zero-order valence-corrected chi connectivity index (χ0v) is 16.5. The van der Waals surface area contributed by atoms with Crippen molar-refractivity contribution in [3.05, 3.63) is 48.5 Å². The largest absolute Gasteiger partial charge is 0.497 e. The molecule has 1 aliphatic rings. The molecule has 28 heavy (non-hydrogen) atoms. The highest BCUT2D eigenvalue weighted by atomic mass is 32.2. The van der Waals surface area contributed by atoms with E-state index < -0.39 is 10.0 Å². The maximum absolute atomic E-state index is 12.4. The molecule has 8 heteroatoms. The van der Waals surface area contributed by atoms with Crippen LogP contribution in [0, 0.1) is 0 Å². The van der Waals surface area contributed by atoms with E-state index in [2.05, 4.69) is 10.0 Å². The highest BCUT2D eigenvalue weighted by Gasteiger charge is 2.22. The zero-order chi connectivity index (χ0) is 20.0. The lowest BCUT2D eigenvalue weighted by atomic mass is 10.3. The Morgan fingerprint density at radius 3 is 2.21 bits per heavy atom. The van der Waals surface area contributed by atoms with Crippen molar-refractivity contribution in [3.8, 4) is 11.5 Å². The highest BCUT2D eigenvalue weighted by molar-refractivity contribution is 7.89. The summed E-state index contributed by atoms with van der Waals surface area (Å²) in [5.41, 5.74) is 0.633. The standard InChI is InChI=1S/C20H24N2O5S/c1-26-17-8-6-15(7-9-17)21-20(23)14-27-18-10-12-19(13-11-18)28(24,25)22-16-4-2-3-5-16/h6-13,16,22H,2-5,14H2,1H3,(H,21,23). The SMILES string of the molecule is COc1ccc(NC(=O)COc2ccc(S(=O)(=O)NC3CCCC3)cc2)cc1. The summed E-state index contributed by atoms with van der Waals surface area (Å²) >= 11 is 0. The molecular weight excluding hydrogens is 380 g/mol. The van der Waals surface area contributed by atoms with E-state index in [-0.39, 0.29) is 23.5 Å². The van der Waals surface area contributed by atoms with Gasteiger partial charge in [-0.05, 0) is 61.4 Å². The normalized spacial score (nSPS) is 14.6. The summed E-state index contributed by atoms with van der Waals surface area (Å²) in [7, 11) is -1.96. The van der Waals surface area contributed by atoms with Gasteiger partial charge < -0.3 is 14.8 Å². The summed E-state index contributed by atoms with van der Waals surface area (Å²) in [6.07, 6.45) is 3.87. The molecule has 3 rings (SSSR count). The van der Waals surface area contributed by atoms with Gasteiger partial charge in [0.1, 0.15) is 11.5 Å². The highest BCUT2D eigenvalue weighted by Crippen LogP contribution is 2.22. The third-order valence-corrected chi connectivity index (χ3v) is 6.09. The van der Waals surface area contributed by atoms with Crippen LogP contribution in [0.4, 0.5) is 5.69 Å². The quantitative estimate of drug-likeness (QED) is 0.706. The van der Waals surface area contributed by atoms with Crippen LogP contribution >= 0.6 is 0 Å². The molecule has 150 valence electrons. The van der Waals surface area contributed by atoms with Gasteiger partial charge in [0, 0.05) is 11.7 Å². The molecule has 2 aromatic carbocycles. The van der Waals surface area contributed by atoms with Crippen molar-refractivity contribution in [3.63, 3.8) is 0 Å². The van der Waals surface area contributed by atoms with E-state index in [1.54, 1.807) is 43.5 Å². The Morgan fingerprint density at radius 1 is 1.00 bits per heavy atom. The molecule has 0 aliphatic heterocycles. The van der Waals surface area contributed by atoms with Crippen molar-refractivity contribution in [1.29, 1.82) is 0 Å². The van der Waals surface area contributed by atoms with E-state index in [9.17, 15) is 13.2 Å². The molecule has 0 spiro atoms. The van der Waals surface area contributed by atoms with Gasteiger partial charge in [-0.1, -0.05) is 12.8 Å². The predicted molar refractivity (Wildman–Crippen MR) is 106 cm³/mol. The predicted octanol–water partition coefficient (Wildman–Crippen LogP) is 2.93. The van der Waals surface area contributed by atoms with Gasteiger partial charge in [-0.15, -0.1) is 0 Å². The van der Waals surface area contributed by atoms with Gasteiger partial charge in [0.2, 0.25) is 10.0 Å². The van der Waals surface area contributed by atoms with E-state index >= 15 is 0 Å². The molecule has 1 fully saturated rings. The number of nitrogens with one attached hydrogen (secondary N) is 2. The lowest BCUT2D eigenvalue weighted by Gasteiger charge is -2.13. The number of carbonyl (C=O) groups is 1. The summed E-state index contributed by atoms with van der Waals surface area (Å²) in [6, 6.07) is 13.0. The first kappa shape index (κ1) is 20.2. The first-order valence-corrected chi connectivity index (χ1v) is 10.6. The first-order chi connectivity index (χ1) is 13.5. The van der Waals surface area contributed by atoms with E-state index in [0.717, 1.165) is 25.7 Å². The van der Waals surface area contributed by atoms with Gasteiger partial charge in [0.05, 0.1) is 12.0 Å². The third kappa shape index (κ3) is 5.46. The van der Waals surface area contributed by atoms with Gasteiger partial charge in [-0.2, -0.15) is 0 Å². The topological polar surface area (TPSA) is 93.7 Å². The van der Waals surface area contributed by atoms with Crippen LogP contribution in [0.15, 0.2) is 53.4 Å². The van der Waals surface area contributed by atoms with E-state index in [1.165, 1.54) is 12.1 Å². The van der Waals surface area contributed by atoms with Crippen LogP contribution in [0.5, 0.6) is 11.5 Å².